The van der Waals surface area contributed by atoms with Crippen molar-refractivity contribution >= 4 is 87.5 Å². The van der Waals surface area contributed by atoms with Crippen LogP contribution in [0.3, 0.4) is 0 Å². The molecule has 1 aliphatic rings. The summed E-state index contributed by atoms with van der Waals surface area (Å²) in [6, 6.07) is 30.8. The van der Waals surface area contributed by atoms with Crippen LogP contribution in [0, 0.1) is 28.6 Å². The first-order chi connectivity index (χ1) is 21.2. The van der Waals surface area contributed by atoms with Crippen LogP contribution in [0.15, 0.2) is 82.6 Å². The average Bonchev–Trinajstić information content (AvgIpc) is 3.62. The Morgan fingerprint density at radius 3 is 1.98 bits per heavy atom. The van der Waals surface area contributed by atoms with Crippen LogP contribution in [0.4, 0.5) is 0 Å². The summed E-state index contributed by atoms with van der Waals surface area (Å²) < 4.78 is 3.85. The first kappa shape index (κ1) is 26.5. The van der Waals surface area contributed by atoms with Gasteiger partial charge in [0, 0.05) is 48.3 Å². The molecule has 2 heterocycles. The Balaban J connectivity index is 1.60. The number of hydrogen-bond acceptors (Lipinski definition) is 4. The summed E-state index contributed by atoms with van der Waals surface area (Å²) >= 11 is 3.76. The lowest BCUT2D eigenvalue weighted by Gasteiger charge is -2.18. The van der Waals surface area contributed by atoms with Gasteiger partial charge in [0.25, 0.3) is 0 Å². The van der Waals surface area contributed by atoms with E-state index in [-0.39, 0.29) is 5.57 Å². The second-order valence-electron chi connectivity index (χ2n) is 11.7. The highest BCUT2D eigenvalue weighted by molar-refractivity contribution is 8.32. The maximum Gasteiger partial charge on any atom is 0.137 e. The van der Waals surface area contributed by atoms with Crippen molar-refractivity contribution in [3.05, 3.63) is 83.2 Å². The molecule has 43 heavy (non-hydrogen) atoms. The van der Waals surface area contributed by atoms with Gasteiger partial charge in [-0.05, 0) is 58.1 Å². The summed E-state index contributed by atoms with van der Waals surface area (Å²) in [5, 5.41) is 31.8. The number of nitrogens with zero attached hydrogens (tertiary/aromatic N) is 3. The van der Waals surface area contributed by atoms with Crippen LogP contribution in [0.1, 0.15) is 39.5 Å². The number of hydrogen-bond donors (Lipinski definition) is 0. The predicted molar refractivity (Wildman–Crippen MR) is 183 cm³/mol. The summed E-state index contributed by atoms with van der Waals surface area (Å²) in [7, 11) is 0. The molecule has 1 aromatic heterocycles. The zero-order chi connectivity index (χ0) is 29.2. The van der Waals surface area contributed by atoms with Gasteiger partial charge < -0.3 is 4.57 Å². The highest BCUT2D eigenvalue weighted by Crippen LogP contribution is 2.52. The lowest BCUT2D eigenvalue weighted by atomic mass is 9.88. The standard InChI is InChI=1S/C38H29N3S2/c1-3-5-10-22(4-2)21-41-30-17-28(23(19-39)20-40)26-13-8-11-24-25-12-9-14-27-29(38-42-32-15-6-7-16-33(32)43-38)18-31(41)37(35(25)27)36(30)34(24)26/h6-9,11-18,22H,3-5,10,21H2,1-2H3. The van der Waals surface area contributed by atoms with Crippen molar-refractivity contribution in [2.75, 3.05) is 0 Å². The molecular weight excluding hydrogens is 563 g/mol. The van der Waals surface area contributed by atoms with Gasteiger partial charge in [-0.1, -0.05) is 105 Å². The van der Waals surface area contributed by atoms with E-state index in [1.54, 1.807) is 0 Å². The quantitative estimate of drug-likeness (QED) is 0.143. The average molecular weight is 592 g/mol. The van der Waals surface area contributed by atoms with Crippen molar-refractivity contribution in [2.24, 2.45) is 5.92 Å². The molecule has 3 nitrogen and oxygen atoms in total. The molecule has 1 aliphatic heterocycles. The number of unbranched alkanes of at least 4 members (excludes halogenated alkanes) is 1. The van der Waals surface area contributed by atoms with E-state index in [0.717, 1.165) is 29.1 Å². The number of fused-ring (bicyclic) bond motifs is 2. The number of rotatable bonds is 6. The molecule has 0 amide bonds. The number of thioether (sulfide) groups is 2. The molecule has 0 saturated carbocycles. The summed E-state index contributed by atoms with van der Waals surface area (Å²) in [4.78, 5) is 2.64. The smallest absolute Gasteiger partial charge is 0.137 e. The number of nitriles is 2. The van der Waals surface area contributed by atoms with Gasteiger partial charge in [0.15, 0.2) is 0 Å². The lowest BCUT2D eigenvalue weighted by Crippen LogP contribution is -2.13. The Hall–Kier alpha value is -4.16. The Morgan fingerprint density at radius 1 is 0.744 bits per heavy atom. The monoisotopic (exact) mass is 591 g/mol. The zero-order valence-electron chi connectivity index (χ0n) is 24.2. The zero-order valence-corrected chi connectivity index (χ0v) is 25.8. The molecule has 0 spiro atoms. The van der Waals surface area contributed by atoms with Crippen molar-refractivity contribution < 1.29 is 0 Å². The SMILES string of the molecule is CCCCC(CC)Cn1c2cc(=C(C#N)C#N)c3cccc4c5cccc6c(=C7Sc8ccccc8S7)cc1c(c65)c2c34. The molecule has 1 unspecified atom stereocenters. The van der Waals surface area contributed by atoms with Gasteiger partial charge in [0.05, 0.1) is 15.3 Å². The second kappa shape index (κ2) is 10.2. The summed E-state index contributed by atoms with van der Waals surface area (Å²) in [5.41, 5.74) is 2.56. The van der Waals surface area contributed by atoms with Crippen LogP contribution in [0.2, 0.25) is 0 Å². The van der Waals surface area contributed by atoms with Gasteiger partial charge in [-0.2, -0.15) is 10.5 Å². The van der Waals surface area contributed by atoms with Gasteiger partial charge >= 0.3 is 0 Å². The third-order valence-electron chi connectivity index (χ3n) is 9.36. The molecule has 1 atom stereocenters. The van der Waals surface area contributed by atoms with E-state index in [9.17, 15) is 10.5 Å². The minimum Gasteiger partial charge on any atom is -0.340 e. The van der Waals surface area contributed by atoms with Gasteiger partial charge in [0.1, 0.15) is 17.7 Å². The Labute approximate surface area is 258 Å². The Morgan fingerprint density at radius 2 is 1.35 bits per heavy atom. The van der Waals surface area contributed by atoms with Gasteiger partial charge in [-0.3, -0.25) is 0 Å². The van der Waals surface area contributed by atoms with Crippen LogP contribution in [-0.2, 0) is 6.54 Å². The van der Waals surface area contributed by atoms with Gasteiger partial charge in [0.2, 0.25) is 0 Å². The van der Waals surface area contributed by atoms with Crippen LogP contribution in [0.5, 0.6) is 0 Å². The van der Waals surface area contributed by atoms with Crippen molar-refractivity contribution in [1.29, 1.82) is 10.5 Å². The van der Waals surface area contributed by atoms with Gasteiger partial charge in [-0.25, -0.2) is 0 Å². The molecule has 0 radical (unpaired) electrons. The first-order valence-corrected chi connectivity index (χ1v) is 16.8. The summed E-state index contributed by atoms with van der Waals surface area (Å²) in [6.45, 7) is 5.49. The summed E-state index contributed by atoms with van der Waals surface area (Å²) in [6.07, 6.45) is 4.72. The molecule has 0 fully saturated rings. The Bertz CT molecular complexity index is 2390. The molecule has 8 rings (SSSR count). The topological polar surface area (TPSA) is 52.5 Å². The van der Waals surface area contributed by atoms with Crippen LogP contribution >= 0.6 is 23.5 Å². The fraction of sp³-hybridized carbons (Fsp3) is 0.211. The van der Waals surface area contributed by atoms with E-state index in [2.05, 4.69) is 103 Å². The van der Waals surface area contributed by atoms with Crippen molar-refractivity contribution in [1.82, 2.24) is 4.57 Å². The van der Waals surface area contributed by atoms with E-state index >= 15 is 0 Å². The first-order valence-electron chi connectivity index (χ1n) is 15.1. The molecule has 5 heteroatoms. The normalized spacial score (nSPS) is 13.9. The molecule has 208 valence electrons. The van der Waals surface area contributed by atoms with Crippen LogP contribution in [0.25, 0.3) is 63.9 Å². The molecule has 6 aromatic carbocycles. The minimum absolute atomic E-state index is 0.172. The highest BCUT2D eigenvalue weighted by atomic mass is 32.2. The summed E-state index contributed by atoms with van der Waals surface area (Å²) in [5.74, 6) is 0.547. The molecule has 0 bridgehead atoms. The van der Waals surface area contributed by atoms with Gasteiger partial charge in [-0.15, -0.1) is 0 Å². The lowest BCUT2D eigenvalue weighted by molar-refractivity contribution is 0.401. The maximum absolute atomic E-state index is 10.0. The van der Waals surface area contributed by atoms with Crippen molar-refractivity contribution in [2.45, 2.75) is 55.9 Å². The minimum atomic E-state index is 0.172. The van der Waals surface area contributed by atoms with E-state index in [4.69, 9.17) is 0 Å². The fourth-order valence-corrected chi connectivity index (χ4v) is 9.82. The second-order valence-corrected chi connectivity index (χ2v) is 14.0. The third kappa shape index (κ3) is 3.82. The molecule has 0 saturated heterocycles. The van der Waals surface area contributed by atoms with Crippen molar-refractivity contribution in [3.63, 3.8) is 0 Å². The molecule has 0 aliphatic carbocycles. The van der Waals surface area contributed by atoms with Crippen molar-refractivity contribution in [3.8, 4) is 12.1 Å². The maximum atomic E-state index is 10.0. The Kier molecular flexibility index (Phi) is 6.30. The van der Waals surface area contributed by atoms with E-state index < -0.39 is 0 Å². The van der Waals surface area contributed by atoms with Crippen LogP contribution in [-0.4, -0.2) is 4.57 Å². The largest absolute Gasteiger partial charge is 0.340 e. The highest BCUT2D eigenvalue weighted by Gasteiger charge is 2.26. The molecule has 7 aromatic rings. The number of benzene rings is 6. The number of aromatic nitrogens is 1. The molecular formula is C38H29N3S2. The molecule has 0 N–H and O–H groups in total. The van der Waals surface area contributed by atoms with E-state index in [1.807, 2.05) is 23.5 Å². The third-order valence-corrected chi connectivity index (χ3v) is 11.9. The fourth-order valence-electron chi connectivity index (χ4n) is 7.27. The van der Waals surface area contributed by atoms with Crippen LogP contribution < -0.4 is 10.4 Å². The van der Waals surface area contributed by atoms with E-state index in [1.165, 1.54) is 81.7 Å². The predicted octanol–water partition coefficient (Wildman–Crippen LogP) is 9.51. The van der Waals surface area contributed by atoms with E-state index in [0.29, 0.717) is 5.92 Å².